The van der Waals surface area contributed by atoms with Gasteiger partial charge in [0.05, 0.1) is 18.8 Å². The molecular formula is C24H28F3NO4. The van der Waals surface area contributed by atoms with Crippen LogP contribution in [-0.2, 0) is 10.2 Å². The minimum atomic E-state index is -5.08. The molecule has 0 aromatic heterocycles. The van der Waals surface area contributed by atoms with Gasteiger partial charge in [-0.1, -0.05) is 48.0 Å². The molecule has 8 heteroatoms. The fourth-order valence-corrected chi connectivity index (χ4v) is 4.38. The Morgan fingerprint density at radius 2 is 1.84 bits per heavy atom. The van der Waals surface area contributed by atoms with Crippen molar-refractivity contribution in [2.24, 2.45) is 5.92 Å². The van der Waals surface area contributed by atoms with Crippen molar-refractivity contribution < 1.29 is 32.9 Å². The highest BCUT2D eigenvalue weighted by molar-refractivity contribution is 5.73. The second-order valence-corrected chi connectivity index (χ2v) is 8.49. The van der Waals surface area contributed by atoms with Crippen LogP contribution >= 0.6 is 0 Å². The van der Waals surface area contributed by atoms with Gasteiger partial charge in [-0.3, -0.25) is 0 Å². The molecule has 0 bridgehead atoms. The SMILES string of the molecule is Cc1ccc(C(NCC2CC23CCOc2ccccc23)C(C)O)cc1.O=C(O)C(F)(F)F. The van der Waals surface area contributed by atoms with Gasteiger partial charge in [-0.15, -0.1) is 0 Å². The molecule has 1 aliphatic carbocycles. The minimum absolute atomic E-state index is 0.0201. The number of rotatable bonds is 5. The number of aliphatic hydroxyl groups excluding tert-OH is 1. The average molecular weight is 451 g/mol. The first-order chi connectivity index (χ1) is 15.0. The number of para-hydroxylation sites is 1. The maximum Gasteiger partial charge on any atom is 0.490 e. The number of carbonyl (C=O) groups is 1. The Morgan fingerprint density at radius 3 is 2.44 bits per heavy atom. The molecule has 0 saturated heterocycles. The average Bonchev–Trinajstić information content (AvgIpc) is 3.42. The van der Waals surface area contributed by atoms with Gasteiger partial charge in [0.1, 0.15) is 5.75 Å². The summed E-state index contributed by atoms with van der Waals surface area (Å²) in [7, 11) is 0. The van der Waals surface area contributed by atoms with Crippen LogP contribution in [0.15, 0.2) is 48.5 Å². The van der Waals surface area contributed by atoms with Gasteiger partial charge in [0.15, 0.2) is 0 Å². The zero-order valence-corrected chi connectivity index (χ0v) is 18.0. The Hall–Kier alpha value is -2.58. The van der Waals surface area contributed by atoms with E-state index in [1.807, 2.05) is 13.0 Å². The zero-order valence-electron chi connectivity index (χ0n) is 18.0. The zero-order chi connectivity index (χ0) is 23.5. The summed E-state index contributed by atoms with van der Waals surface area (Å²) in [6.07, 6.45) is -3.19. The molecule has 2 aliphatic rings. The molecule has 2 aromatic rings. The van der Waals surface area contributed by atoms with E-state index in [0.29, 0.717) is 5.92 Å². The van der Waals surface area contributed by atoms with E-state index in [1.165, 1.54) is 17.5 Å². The predicted octanol–water partition coefficient (Wildman–Crippen LogP) is 4.38. The molecule has 4 rings (SSSR count). The van der Waals surface area contributed by atoms with Crippen LogP contribution in [0.5, 0.6) is 5.75 Å². The van der Waals surface area contributed by atoms with Crippen molar-refractivity contribution in [3.05, 3.63) is 65.2 Å². The van der Waals surface area contributed by atoms with E-state index in [9.17, 15) is 18.3 Å². The quantitative estimate of drug-likeness (QED) is 0.629. The maximum atomic E-state index is 10.6. The number of aryl methyl sites for hydroxylation is 1. The monoisotopic (exact) mass is 451 g/mol. The van der Waals surface area contributed by atoms with Crippen molar-refractivity contribution in [3.63, 3.8) is 0 Å². The van der Waals surface area contributed by atoms with Crippen LogP contribution in [0.25, 0.3) is 0 Å². The normalized spacial score (nSPS) is 23.2. The second-order valence-electron chi connectivity index (χ2n) is 8.49. The summed E-state index contributed by atoms with van der Waals surface area (Å²) in [5.74, 6) is -1.08. The third-order valence-corrected chi connectivity index (χ3v) is 6.21. The minimum Gasteiger partial charge on any atom is -0.493 e. The van der Waals surface area contributed by atoms with Crippen LogP contribution in [0.2, 0.25) is 0 Å². The largest absolute Gasteiger partial charge is 0.493 e. The third kappa shape index (κ3) is 5.42. The lowest BCUT2D eigenvalue weighted by atomic mass is 9.87. The third-order valence-electron chi connectivity index (χ3n) is 6.21. The number of carboxylic acid groups (broad SMARTS) is 1. The summed E-state index contributed by atoms with van der Waals surface area (Å²) >= 11 is 0. The molecule has 0 amide bonds. The van der Waals surface area contributed by atoms with E-state index < -0.39 is 18.2 Å². The Balaban J connectivity index is 0.000000360. The maximum absolute atomic E-state index is 10.6. The summed E-state index contributed by atoms with van der Waals surface area (Å²) in [6.45, 7) is 5.69. The number of aliphatic hydroxyl groups is 1. The Morgan fingerprint density at radius 1 is 1.22 bits per heavy atom. The lowest BCUT2D eigenvalue weighted by molar-refractivity contribution is -0.192. The second kappa shape index (κ2) is 9.50. The molecule has 1 spiro atoms. The van der Waals surface area contributed by atoms with E-state index in [2.05, 4.69) is 54.7 Å². The fraction of sp³-hybridized carbons (Fsp3) is 0.458. The molecular weight excluding hydrogens is 423 g/mol. The van der Waals surface area contributed by atoms with Crippen molar-refractivity contribution >= 4 is 5.97 Å². The summed E-state index contributed by atoms with van der Waals surface area (Å²) in [5.41, 5.74) is 4.05. The molecule has 2 aromatic carbocycles. The van der Waals surface area contributed by atoms with Crippen LogP contribution in [-0.4, -0.2) is 41.6 Å². The van der Waals surface area contributed by atoms with Crippen LogP contribution in [0, 0.1) is 12.8 Å². The fourth-order valence-electron chi connectivity index (χ4n) is 4.38. The predicted molar refractivity (Wildman–Crippen MR) is 114 cm³/mol. The topological polar surface area (TPSA) is 78.8 Å². The molecule has 1 aliphatic heterocycles. The summed E-state index contributed by atoms with van der Waals surface area (Å²) in [5, 5.41) is 21.0. The van der Waals surface area contributed by atoms with Gasteiger partial charge >= 0.3 is 12.1 Å². The first kappa shape index (κ1) is 24.1. The van der Waals surface area contributed by atoms with Crippen molar-refractivity contribution in [2.75, 3.05) is 13.2 Å². The van der Waals surface area contributed by atoms with Gasteiger partial charge in [-0.2, -0.15) is 13.2 Å². The number of nitrogens with one attached hydrogen (secondary N) is 1. The standard InChI is InChI=1S/C22H27NO2.C2HF3O2/c1-15-7-9-17(10-8-15)21(16(2)24)23-14-18-13-22(18)11-12-25-20-6-4-3-5-19(20)22;3-2(4,5)1(6)7/h3-10,16,18,21,23-24H,11-14H2,1-2H3;(H,6,7). The molecule has 32 heavy (non-hydrogen) atoms. The van der Waals surface area contributed by atoms with Crippen LogP contribution < -0.4 is 10.1 Å². The highest BCUT2D eigenvalue weighted by Gasteiger charge is 2.57. The van der Waals surface area contributed by atoms with Crippen LogP contribution in [0.3, 0.4) is 0 Å². The van der Waals surface area contributed by atoms with Gasteiger partial charge in [-0.25, -0.2) is 4.79 Å². The molecule has 1 heterocycles. The number of halogens is 3. The molecule has 174 valence electrons. The lowest BCUT2D eigenvalue weighted by Crippen LogP contribution is -2.33. The highest BCUT2D eigenvalue weighted by Crippen LogP contribution is 2.60. The molecule has 3 N–H and O–H groups in total. The van der Waals surface area contributed by atoms with Crippen LogP contribution in [0.1, 0.15) is 42.5 Å². The molecule has 0 radical (unpaired) electrons. The van der Waals surface area contributed by atoms with E-state index in [0.717, 1.165) is 30.9 Å². The van der Waals surface area contributed by atoms with E-state index in [-0.39, 0.29) is 11.5 Å². The van der Waals surface area contributed by atoms with Crippen molar-refractivity contribution in [1.29, 1.82) is 0 Å². The number of benzene rings is 2. The van der Waals surface area contributed by atoms with Gasteiger partial charge in [0, 0.05) is 11.0 Å². The number of carboxylic acids is 1. The Kier molecular flexibility index (Phi) is 7.15. The molecule has 4 atom stereocenters. The van der Waals surface area contributed by atoms with E-state index >= 15 is 0 Å². The number of aliphatic carboxylic acids is 1. The van der Waals surface area contributed by atoms with E-state index in [4.69, 9.17) is 14.6 Å². The van der Waals surface area contributed by atoms with E-state index in [1.54, 1.807) is 0 Å². The number of hydrogen-bond donors (Lipinski definition) is 3. The van der Waals surface area contributed by atoms with Crippen molar-refractivity contribution in [2.45, 2.75) is 50.4 Å². The molecule has 4 unspecified atom stereocenters. The summed E-state index contributed by atoms with van der Waals surface area (Å²) in [4.78, 5) is 8.90. The Bertz CT molecular complexity index is 930. The van der Waals surface area contributed by atoms with Gasteiger partial charge in [0.2, 0.25) is 0 Å². The molecule has 1 fully saturated rings. The molecule has 5 nitrogen and oxygen atoms in total. The highest BCUT2D eigenvalue weighted by atomic mass is 19.4. The molecule has 1 saturated carbocycles. The van der Waals surface area contributed by atoms with Gasteiger partial charge in [0.25, 0.3) is 0 Å². The number of hydrogen-bond acceptors (Lipinski definition) is 4. The Labute approximate surface area is 185 Å². The smallest absolute Gasteiger partial charge is 0.490 e. The van der Waals surface area contributed by atoms with Crippen molar-refractivity contribution in [1.82, 2.24) is 5.32 Å². The summed E-state index contributed by atoms with van der Waals surface area (Å²) < 4.78 is 37.6. The number of ether oxygens (including phenoxy) is 1. The van der Waals surface area contributed by atoms with Crippen molar-refractivity contribution in [3.8, 4) is 5.75 Å². The summed E-state index contributed by atoms with van der Waals surface area (Å²) in [6, 6.07) is 16.9. The van der Waals surface area contributed by atoms with Gasteiger partial charge in [-0.05, 0) is 50.8 Å². The first-order valence-electron chi connectivity index (χ1n) is 10.5. The van der Waals surface area contributed by atoms with Gasteiger partial charge < -0.3 is 20.3 Å². The van der Waals surface area contributed by atoms with Crippen LogP contribution in [0.4, 0.5) is 13.2 Å². The first-order valence-corrected chi connectivity index (χ1v) is 10.5. The number of fused-ring (bicyclic) bond motifs is 2. The lowest BCUT2D eigenvalue weighted by Gasteiger charge is -2.28. The number of alkyl halides is 3.